The summed E-state index contributed by atoms with van der Waals surface area (Å²) in [6.07, 6.45) is -13.9. The normalized spacial score (nSPS) is 24.4. The lowest BCUT2D eigenvalue weighted by atomic mass is 9.93. The Balaban J connectivity index is 1.28. The third kappa shape index (κ3) is 12.8. The molecule has 10 atom stereocenters. The Morgan fingerprint density at radius 1 is 0.465 bits per heavy atom. The number of hydrogen-bond acceptors (Lipinski definition) is 17. The van der Waals surface area contributed by atoms with Gasteiger partial charge in [-0.25, -0.2) is 14.4 Å². The molecule has 0 unspecified atom stereocenters. The summed E-state index contributed by atoms with van der Waals surface area (Å²) in [6.45, 7) is 4.17. The van der Waals surface area contributed by atoms with Gasteiger partial charge in [0.15, 0.2) is 30.8 Å². The van der Waals surface area contributed by atoms with Crippen molar-refractivity contribution in [2.45, 2.75) is 102 Å². The van der Waals surface area contributed by atoms with Crippen molar-refractivity contribution >= 4 is 47.8 Å². The fraction of sp³-hybridized carbons (Fsp3) is 0.373. The molecular formula is C51H53N3O17. The third-order valence-electron chi connectivity index (χ3n) is 11.7. The molecule has 374 valence electrons. The summed E-state index contributed by atoms with van der Waals surface area (Å²) in [5.74, 6) is -5.99. The lowest BCUT2D eigenvalue weighted by Crippen LogP contribution is -2.72. The Labute approximate surface area is 407 Å². The largest absolute Gasteiger partial charge is 0.463 e. The summed E-state index contributed by atoms with van der Waals surface area (Å²) >= 11 is 0. The van der Waals surface area contributed by atoms with Gasteiger partial charge < -0.3 is 53.3 Å². The maximum atomic E-state index is 14.2. The number of nitrogens with one attached hydrogen (secondary N) is 3. The maximum absolute atomic E-state index is 14.2. The molecule has 3 N–H and O–H groups in total. The van der Waals surface area contributed by atoms with E-state index < -0.39 is 122 Å². The predicted octanol–water partition coefficient (Wildman–Crippen LogP) is 3.88. The minimum Gasteiger partial charge on any atom is -0.463 e. The second kappa shape index (κ2) is 23.3. The topological polar surface area (TPSA) is 256 Å². The highest BCUT2D eigenvalue weighted by Gasteiger charge is 2.56. The molecule has 0 bridgehead atoms. The standard InChI is InChI=1S/C51H53N3O17/c1-27(55)52-41-45(70-49(61)33-18-10-7-11-19-33)44(71-50-42(53-28(2)56)46(67-31(5)59)43(66-30(4)58)40(69-50)25-63-29(3)57)39(26-64-48(60)32-16-8-6-9-17-32)68-47(41)54-51(62)65-24-38-36-22-14-12-20-34(36)35-21-13-15-23-37(35)38/h6-23,38-47,50H,24-26H2,1-5H3,(H,52,55)(H,53,56)(H,54,62)/t39-,40-,41-,42-,43-,44-,45-,46-,47-,50+/m1/s1. The minimum atomic E-state index is -1.79. The van der Waals surface area contributed by atoms with Crippen LogP contribution in [0.15, 0.2) is 109 Å². The van der Waals surface area contributed by atoms with E-state index in [9.17, 15) is 38.4 Å². The molecule has 3 aliphatic rings. The minimum absolute atomic E-state index is 0.0537. The molecule has 71 heavy (non-hydrogen) atoms. The molecule has 20 heteroatoms. The summed E-state index contributed by atoms with van der Waals surface area (Å²) in [7, 11) is 0. The third-order valence-corrected chi connectivity index (χ3v) is 11.7. The van der Waals surface area contributed by atoms with Crippen LogP contribution in [0.25, 0.3) is 11.1 Å². The molecule has 4 aromatic rings. The van der Waals surface area contributed by atoms with Crippen molar-refractivity contribution in [3.05, 3.63) is 131 Å². The summed E-state index contributed by atoms with van der Waals surface area (Å²) in [5.41, 5.74) is 4.05. The molecule has 2 aliphatic heterocycles. The summed E-state index contributed by atoms with van der Waals surface area (Å²) < 4.78 is 53.9. The second-order valence-corrected chi connectivity index (χ2v) is 16.8. The Bertz CT molecular complexity index is 2550. The monoisotopic (exact) mass is 979 g/mol. The van der Waals surface area contributed by atoms with Crippen LogP contribution >= 0.6 is 0 Å². The number of carbonyl (C=O) groups excluding carboxylic acids is 8. The number of carbonyl (C=O) groups is 8. The van der Waals surface area contributed by atoms with Crippen molar-refractivity contribution in [1.82, 2.24) is 16.0 Å². The number of fused-ring (bicyclic) bond motifs is 3. The van der Waals surface area contributed by atoms with Crippen molar-refractivity contribution in [2.75, 3.05) is 19.8 Å². The molecule has 2 saturated heterocycles. The van der Waals surface area contributed by atoms with Crippen LogP contribution in [0.3, 0.4) is 0 Å². The average Bonchev–Trinajstić information content (AvgIpc) is 3.66. The lowest BCUT2D eigenvalue weighted by Gasteiger charge is -2.49. The number of ether oxygens (including phenoxy) is 9. The zero-order chi connectivity index (χ0) is 50.8. The van der Waals surface area contributed by atoms with Gasteiger partial charge in [0.25, 0.3) is 0 Å². The van der Waals surface area contributed by atoms with Crippen molar-refractivity contribution in [3.8, 4) is 11.1 Å². The smallest absolute Gasteiger partial charge is 0.409 e. The van der Waals surface area contributed by atoms with E-state index in [-0.39, 0.29) is 23.7 Å². The van der Waals surface area contributed by atoms with E-state index in [1.54, 1.807) is 36.4 Å². The predicted molar refractivity (Wildman–Crippen MR) is 246 cm³/mol. The molecule has 2 heterocycles. The number of alkyl carbamates (subject to hydrolysis) is 1. The fourth-order valence-corrected chi connectivity index (χ4v) is 8.79. The van der Waals surface area contributed by atoms with Gasteiger partial charge in [0.1, 0.15) is 50.2 Å². The van der Waals surface area contributed by atoms with Crippen LogP contribution in [-0.4, -0.2) is 129 Å². The number of benzene rings is 4. The van der Waals surface area contributed by atoms with Crippen molar-refractivity contribution in [3.63, 3.8) is 0 Å². The van der Waals surface area contributed by atoms with Crippen LogP contribution in [-0.2, 0) is 66.6 Å². The van der Waals surface area contributed by atoms with Gasteiger partial charge >= 0.3 is 35.9 Å². The molecular weight excluding hydrogens is 927 g/mol. The van der Waals surface area contributed by atoms with Gasteiger partial charge in [-0.05, 0) is 46.5 Å². The zero-order valence-electron chi connectivity index (χ0n) is 39.3. The molecule has 1 aliphatic carbocycles. The summed E-state index contributed by atoms with van der Waals surface area (Å²) in [4.78, 5) is 105. The van der Waals surface area contributed by atoms with Crippen molar-refractivity contribution in [2.24, 2.45) is 0 Å². The first-order chi connectivity index (χ1) is 34.1. The zero-order valence-corrected chi connectivity index (χ0v) is 39.3. The van der Waals surface area contributed by atoms with Gasteiger partial charge in [0.05, 0.1) is 11.1 Å². The Morgan fingerprint density at radius 2 is 0.958 bits per heavy atom. The molecule has 4 aromatic carbocycles. The van der Waals surface area contributed by atoms with E-state index in [4.69, 9.17) is 42.6 Å². The van der Waals surface area contributed by atoms with E-state index in [0.29, 0.717) is 0 Å². The molecule has 0 aromatic heterocycles. The Kier molecular flexibility index (Phi) is 16.8. The van der Waals surface area contributed by atoms with E-state index in [2.05, 4.69) is 16.0 Å². The quantitative estimate of drug-likeness (QED) is 0.106. The van der Waals surface area contributed by atoms with E-state index in [0.717, 1.165) is 49.9 Å². The number of rotatable bonds is 16. The van der Waals surface area contributed by atoms with Gasteiger partial charge in [0.2, 0.25) is 11.8 Å². The van der Waals surface area contributed by atoms with Crippen LogP contribution in [0.1, 0.15) is 72.4 Å². The lowest BCUT2D eigenvalue weighted by molar-refractivity contribution is -0.317. The van der Waals surface area contributed by atoms with Gasteiger partial charge in [-0.2, -0.15) is 0 Å². The van der Waals surface area contributed by atoms with Crippen LogP contribution in [0.5, 0.6) is 0 Å². The molecule has 3 amide bonds. The van der Waals surface area contributed by atoms with Crippen LogP contribution < -0.4 is 16.0 Å². The Hall–Kier alpha value is -7.68. The molecule has 0 radical (unpaired) electrons. The van der Waals surface area contributed by atoms with Gasteiger partial charge in [-0.15, -0.1) is 0 Å². The Morgan fingerprint density at radius 3 is 1.52 bits per heavy atom. The van der Waals surface area contributed by atoms with Gasteiger partial charge in [-0.3, -0.25) is 29.3 Å². The van der Waals surface area contributed by atoms with E-state index in [1.807, 2.05) is 48.5 Å². The van der Waals surface area contributed by atoms with Crippen LogP contribution in [0.4, 0.5) is 4.79 Å². The second-order valence-electron chi connectivity index (χ2n) is 16.8. The van der Waals surface area contributed by atoms with Crippen molar-refractivity contribution in [1.29, 1.82) is 0 Å². The highest BCUT2D eigenvalue weighted by Crippen LogP contribution is 2.44. The first kappa shape index (κ1) is 51.2. The molecule has 0 spiro atoms. The highest BCUT2D eigenvalue weighted by atomic mass is 16.7. The maximum Gasteiger partial charge on any atom is 0.409 e. The van der Waals surface area contributed by atoms with Gasteiger partial charge in [-0.1, -0.05) is 84.9 Å². The van der Waals surface area contributed by atoms with Crippen molar-refractivity contribution < 1.29 is 81.0 Å². The van der Waals surface area contributed by atoms with E-state index >= 15 is 0 Å². The van der Waals surface area contributed by atoms with Gasteiger partial charge in [0, 0.05) is 40.5 Å². The molecule has 20 nitrogen and oxygen atoms in total. The average molecular weight is 980 g/mol. The summed E-state index contributed by atoms with van der Waals surface area (Å²) in [5, 5.41) is 7.98. The number of hydrogen-bond donors (Lipinski definition) is 3. The first-order valence-electron chi connectivity index (χ1n) is 22.7. The summed E-state index contributed by atoms with van der Waals surface area (Å²) in [6, 6.07) is 28.1. The highest BCUT2D eigenvalue weighted by molar-refractivity contribution is 5.90. The number of esters is 5. The molecule has 7 rings (SSSR count). The molecule has 2 fully saturated rings. The van der Waals surface area contributed by atoms with Crippen LogP contribution in [0.2, 0.25) is 0 Å². The SMILES string of the molecule is CC(=O)N[C@@H]1[C@@H](OC(=O)c2ccccc2)[C@H](O[C@@H]2O[C@H](COC(C)=O)[C@@H](OC(C)=O)[C@H](OC(C)=O)[C@H]2NC(C)=O)[C@@H](COC(=O)c2ccccc2)O[C@H]1NC(=O)OCC1c2ccccc2-c2ccccc21. The first-order valence-corrected chi connectivity index (χ1v) is 22.7. The number of amides is 3. The molecule has 0 saturated carbocycles. The fourth-order valence-electron chi connectivity index (χ4n) is 8.79. The van der Waals surface area contributed by atoms with Crippen LogP contribution in [0, 0.1) is 0 Å². The van der Waals surface area contributed by atoms with E-state index in [1.165, 1.54) is 31.2 Å².